The zero-order chi connectivity index (χ0) is 13.7. The Labute approximate surface area is 115 Å². The molecular weight excluding hydrogens is 266 g/mol. The van der Waals surface area contributed by atoms with Crippen LogP contribution in [-0.4, -0.2) is 38.7 Å². The summed E-state index contributed by atoms with van der Waals surface area (Å²) in [5.41, 5.74) is 5.87. The number of carbonyl (C=O) groups is 1. The van der Waals surface area contributed by atoms with Crippen LogP contribution in [0.15, 0.2) is 11.4 Å². The number of amidine groups is 1. The number of H-pyrrole nitrogens is 1. The Balaban J connectivity index is 1.93. The van der Waals surface area contributed by atoms with Crippen LogP contribution < -0.4 is 11.1 Å². The van der Waals surface area contributed by atoms with E-state index < -0.39 is 0 Å². The first kappa shape index (κ1) is 13.7. The first-order chi connectivity index (χ1) is 9.20. The van der Waals surface area contributed by atoms with E-state index in [1.54, 1.807) is 0 Å². The van der Waals surface area contributed by atoms with Gasteiger partial charge in [-0.3, -0.25) is 9.89 Å². The Morgan fingerprint density at radius 2 is 2.37 bits per heavy atom. The monoisotopic (exact) mass is 283 g/mol. The van der Waals surface area contributed by atoms with Crippen molar-refractivity contribution in [3.63, 3.8) is 0 Å². The summed E-state index contributed by atoms with van der Waals surface area (Å²) >= 11 is 1.93. The number of hydrogen-bond acceptors (Lipinski definition) is 5. The number of aromatic nitrogens is 2. The average molecular weight is 283 g/mol. The van der Waals surface area contributed by atoms with Crippen LogP contribution in [0.1, 0.15) is 24.8 Å². The number of rotatable bonds is 4. The van der Waals surface area contributed by atoms with E-state index in [2.05, 4.69) is 20.7 Å². The van der Waals surface area contributed by atoms with Crippen LogP contribution in [0.3, 0.4) is 0 Å². The van der Waals surface area contributed by atoms with Gasteiger partial charge in [-0.2, -0.15) is 16.9 Å². The summed E-state index contributed by atoms with van der Waals surface area (Å²) in [4.78, 5) is 11.9. The molecule has 2 heterocycles. The second-order valence-corrected chi connectivity index (χ2v) is 5.68. The van der Waals surface area contributed by atoms with E-state index >= 15 is 0 Å². The van der Waals surface area contributed by atoms with Crippen molar-refractivity contribution in [2.75, 3.05) is 16.8 Å². The van der Waals surface area contributed by atoms with Gasteiger partial charge < -0.3 is 16.3 Å². The fraction of sp³-hybridized carbons (Fsp3) is 0.545. The number of anilines is 1. The van der Waals surface area contributed by atoms with Gasteiger partial charge in [-0.15, -0.1) is 0 Å². The Kier molecular flexibility index (Phi) is 4.67. The molecule has 0 atom stereocenters. The van der Waals surface area contributed by atoms with Gasteiger partial charge in [0, 0.05) is 6.42 Å². The molecule has 1 fully saturated rings. The van der Waals surface area contributed by atoms with Crippen molar-refractivity contribution in [2.24, 2.45) is 16.8 Å². The molecule has 0 spiro atoms. The maximum absolute atomic E-state index is 11.9. The van der Waals surface area contributed by atoms with Gasteiger partial charge in [0.25, 0.3) is 0 Å². The van der Waals surface area contributed by atoms with E-state index in [1.165, 1.54) is 6.20 Å². The topological polar surface area (TPSA) is 116 Å². The van der Waals surface area contributed by atoms with Crippen molar-refractivity contribution in [2.45, 2.75) is 19.3 Å². The van der Waals surface area contributed by atoms with Crippen molar-refractivity contribution >= 4 is 29.3 Å². The van der Waals surface area contributed by atoms with Gasteiger partial charge in [0.1, 0.15) is 5.82 Å². The van der Waals surface area contributed by atoms with E-state index in [1.807, 2.05) is 11.8 Å². The van der Waals surface area contributed by atoms with Crippen molar-refractivity contribution in [3.8, 4) is 0 Å². The number of thioether (sulfide) groups is 1. The lowest BCUT2D eigenvalue weighted by atomic mass is 9.98. The summed E-state index contributed by atoms with van der Waals surface area (Å²) in [5.74, 6) is 2.89. The molecule has 0 aliphatic carbocycles. The predicted octanol–water partition coefficient (Wildman–Crippen LogP) is 0.976. The van der Waals surface area contributed by atoms with Crippen LogP contribution in [-0.2, 0) is 4.79 Å². The number of nitrogens with two attached hydrogens (primary N) is 1. The second kappa shape index (κ2) is 6.46. The third-order valence-corrected chi connectivity index (χ3v) is 4.15. The van der Waals surface area contributed by atoms with E-state index in [0.29, 0.717) is 23.7 Å². The summed E-state index contributed by atoms with van der Waals surface area (Å²) < 4.78 is 0. The summed E-state index contributed by atoms with van der Waals surface area (Å²) in [6, 6.07) is 0. The Morgan fingerprint density at radius 3 is 3.05 bits per heavy atom. The Hall–Kier alpha value is -1.70. The van der Waals surface area contributed by atoms with Gasteiger partial charge in [-0.25, -0.2) is 0 Å². The highest BCUT2D eigenvalue weighted by Gasteiger charge is 2.19. The molecule has 0 bridgehead atoms. The van der Waals surface area contributed by atoms with E-state index in [4.69, 9.17) is 10.9 Å². The molecule has 1 amide bonds. The number of nitrogens with one attached hydrogen (secondary N) is 2. The highest BCUT2D eigenvalue weighted by atomic mass is 32.2. The zero-order valence-electron chi connectivity index (χ0n) is 10.4. The van der Waals surface area contributed by atoms with Gasteiger partial charge in [0.15, 0.2) is 5.84 Å². The fourth-order valence-electron chi connectivity index (χ4n) is 2.03. The van der Waals surface area contributed by atoms with Crippen molar-refractivity contribution < 1.29 is 10.0 Å². The van der Waals surface area contributed by atoms with Gasteiger partial charge >= 0.3 is 0 Å². The first-order valence-corrected chi connectivity index (χ1v) is 7.25. The molecule has 7 nitrogen and oxygen atoms in total. The van der Waals surface area contributed by atoms with Crippen LogP contribution in [0.25, 0.3) is 0 Å². The predicted molar refractivity (Wildman–Crippen MR) is 74.4 cm³/mol. The summed E-state index contributed by atoms with van der Waals surface area (Å²) in [7, 11) is 0. The molecule has 19 heavy (non-hydrogen) atoms. The van der Waals surface area contributed by atoms with Crippen LogP contribution in [0.4, 0.5) is 5.82 Å². The van der Waals surface area contributed by atoms with Gasteiger partial charge in [0.05, 0.1) is 11.8 Å². The molecule has 104 valence electrons. The molecule has 1 aromatic heterocycles. The lowest BCUT2D eigenvalue weighted by Crippen LogP contribution is -2.22. The summed E-state index contributed by atoms with van der Waals surface area (Å²) in [6.45, 7) is 0. The quantitative estimate of drug-likeness (QED) is 0.284. The number of carbonyl (C=O) groups excluding carboxylic acids is 1. The maximum atomic E-state index is 11.9. The smallest absolute Gasteiger partial charge is 0.225 e. The number of hydrogen-bond donors (Lipinski definition) is 4. The molecule has 0 saturated carbocycles. The highest BCUT2D eigenvalue weighted by Crippen LogP contribution is 2.25. The average Bonchev–Trinajstić information content (AvgIpc) is 2.87. The summed E-state index contributed by atoms with van der Waals surface area (Å²) in [5, 5.41) is 20.7. The molecular formula is C11H17N5O2S. The SMILES string of the molecule is NC(=NO)c1cn[nH]c1NC(=O)CC1CCSCC1. The molecule has 0 unspecified atom stereocenters. The lowest BCUT2D eigenvalue weighted by molar-refractivity contribution is -0.117. The Morgan fingerprint density at radius 1 is 1.63 bits per heavy atom. The van der Waals surface area contributed by atoms with E-state index in [9.17, 15) is 4.79 Å². The van der Waals surface area contributed by atoms with Crippen molar-refractivity contribution in [1.82, 2.24) is 10.2 Å². The molecule has 0 radical (unpaired) electrons. The van der Waals surface area contributed by atoms with Crippen LogP contribution in [0.5, 0.6) is 0 Å². The van der Waals surface area contributed by atoms with Gasteiger partial charge in [-0.05, 0) is 30.3 Å². The molecule has 1 aliphatic rings. The molecule has 1 aliphatic heterocycles. The first-order valence-electron chi connectivity index (χ1n) is 6.09. The minimum absolute atomic E-state index is 0.0758. The largest absolute Gasteiger partial charge is 0.409 e. The minimum Gasteiger partial charge on any atom is -0.409 e. The fourth-order valence-corrected chi connectivity index (χ4v) is 3.24. The van der Waals surface area contributed by atoms with Crippen LogP contribution in [0, 0.1) is 5.92 Å². The number of aromatic amines is 1. The van der Waals surface area contributed by atoms with Crippen molar-refractivity contribution in [3.05, 3.63) is 11.8 Å². The maximum Gasteiger partial charge on any atom is 0.225 e. The van der Waals surface area contributed by atoms with Crippen molar-refractivity contribution in [1.29, 1.82) is 0 Å². The minimum atomic E-state index is -0.0851. The number of oxime groups is 1. The zero-order valence-corrected chi connectivity index (χ0v) is 11.2. The molecule has 1 aromatic rings. The third kappa shape index (κ3) is 3.63. The number of amides is 1. The Bertz CT molecular complexity index is 467. The summed E-state index contributed by atoms with van der Waals surface area (Å²) in [6.07, 6.45) is 4.05. The normalized spacial score (nSPS) is 17.4. The molecule has 5 N–H and O–H groups in total. The highest BCUT2D eigenvalue weighted by molar-refractivity contribution is 7.99. The van der Waals surface area contributed by atoms with Gasteiger partial charge in [0.2, 0.25) is 5.91 Å². The molecule has 8 heteroatoms. The van der Waals surface area contributed by atoms with Crippen LogP contribution in [0.2, 0.25) is 0 Å². The van der Waals surface area contributed by atoms with E-state index in [0.717, 1.165) is 24.3 Å². The standard InChI is InChI=1S/C11H17N5O2S/c12-10(16-18)8-6-13-15-11(8)14-9(17)5-7-1-3-19-4-2-7/h6-7,18H,1-5H2,(H2,12,16)(H2,13,14,15,17). The van der Waals surface area contributed by atoms with E-state index in [-0.39, 0.29) is 11.7 Å². The molecule has 1 saturated heterocycles. The molecule has 0 aromatic carbocycles. The second-order valence-electron chi connectivity index (χ2n) is 4.45. The lowest BCUT2D eigenvalue weighted by Gasteiger charge is -2.20. The van der Waals surface area contributed by atoms with Crippen LogP contribution >= 0.6 is 11.8 Å². The molecule has 2 rings (SSSR count). The third-order valence-electron chi connectivity index (χ3n) is 3.10. The van der Waals surface area contributed by atoms with Gasteiger partial charge in [-0.1, -0.05) is 5.16 Å². The number of nitrogens with zero attached hydrogens (tertiary/aromatic N) is 2.